The van der Waals surface area contributed by atoms with Crippen LogP contribution in [-0.4, -0.2) is 57.7 Å². The van der Waals surface area contributed by atoms with Crippen molar-refractivity contribution in [3.63, 3.8) is 0 Å². The minimum Gasteiger partial charge on any atom is -0.493 e. The van der Waals surface area contributed by atoms with E-state index in [9.17, 15) is 4.79 Å². The van der Waals surface area contributed by atoms with E-state index in [1.165, 1.54) is 16.7 Å². The molecule has 0 radical (unpaired) electrons. The number of aliphatic imine (C=N–C) groups is 1. The Balaban J connectivity index is 0.00000341. The van der Waals surface area contributed by atoms with Gasteiger partial charge in [-0.3, -0.25) is 9.79 Å². The molecule has 0 aliphatic carbocycles. The summed E-state index contributed by atoms with van der Waals surface area (Å²) >= 11 is 0. The summed E-state index contributed by atoms with van der Waals surface area (Å²) in [5, 5.41) is 6.13. The minimum absolute atomic E-state index is 0. The fourth-order valence-electron chi connectivity index (χ4n) is 3.61. The maximum absolute atomic E-state index is 12.2. The third-order valence-corrected chi connectivity index (χ3v) is 5.22. The molecule has 2 N–H and O–H groups in total. The molecule has 0 saturated carbocycles. The van der Waals surface area contributed by atoms with Gasteiger partial charge in [0, 0.05) is 26.7 Å². The van der Waals surface area contributed by atoms with Gasteiger partial charge >= 0.3 is 0 Å². The van der Waals surface area contributed by atoms with E-state index in [-0.39, 0.29) is 36.4 Å². The van der Waals surface area contributed by atoms with Gasteiger partial charge in [-0.25, -0.2) is 0 Å². The predicted octanol–water partition coefficient (Wildman–Crippen LogP) is 2.61. The van der Waals surface area contributed by atoms with E-state index in [0.717, 1.165) is 30.9 Å². The highest BCUT2D eigenvalue weighted by molar-refractivity contribution is 14.0. The van der Waals surface area contributed by atoms with Crippen molar-refractivity contribution >= 4 is 35.8 Å². The van der Waals surface area contributed by atoms with E-state index < -0.39 is 0 Å². The van der Waals surface area contributed by atoms with E-state index >= 15 is 0 Å². The van der Waals surface area contributed by atoms with Crippen LogP contribution >= 0.6 is 24.0 Å². The number of benzene rings is 2. The van der Waals surface area contributed by atoms with Crippen LogP contribution in [0.3, 0.4) is 0 Å². The number of methoxy groups -OCH3 is 2. The Kier molecular flexibility index (Phi) is 9.90. The van der Waals surface area contributed by atoms with Crippen molar-refractivity contribution in [1.29, 1.82) is 0 Å². The zero-order valence-electron chi connectivity index (χ0n) is 18.3. The molecule has 0 unspecified atom stereocenters. The number of nitrogens with zero attached hydrogens (tertiary/aromatic N) is 2. The van der Waals surface area contributed by atoms with Crippen LogP contribution < -0.4 is 20.1 Å². The van der Waals surface area contributed by atoms with Gasteiger partial charge in [0.15, 0.2) is 17.5 Å². The number of halogens is 1. The van der Waals surface area contributed by atoms with Gasteiger partial charge in [0.05, 0.1) is 20.8 Å². The first-order chi connectivity index (χ1) is 14.6. The van der Waals surface area contributed by atoms with Gasteiger partial charge in [0.25, 0.3) is 0 Å². The average molecular weight is 538 g/mol. The molecule has 1 heterocycles. The first kappa shape index (κ1) is 24.8. The summed E-state index contributed by atoms with van der Waals surface area (Å²) in [7, 11) is 5.03. The van der Waals surface area contributed by atoms with Crippen molar-refractivity contribution < 1.29 is 14.3 Å². The summed E-state index contributed by atoms with van der Waals surface area (Å²) in [5.74, 6) is 2.14. The summed E-state index contributed by atoms with van der Waals surface area (Å²) in [4.78, 5) is 18.7. The van der Waals surface area contributed by atoms with E-state index in [0.29, 0.717) is 19.0 Å². The highest BCUT2D eigenvalue weighted by Crippen LogP contribution is 2.33. The largest absolute Gasteiger partial charge is 0.493 e. The molecular formula is C23H31IN4O3. The van der Waals surface area contributed by atoms with E-state index in [4.69, 9.17) is 9.47 Å². The standard InChI is InChI=1S/C23H30N4O3.HI/c1-24-23(26-15-22(28)25-11-9-17-7-5-4-6-8-17)27-12-10-18-13-20(29-2)21(30-3)14-19(18)16-27;/h4-8,13-14H,9-12,15-16H2,1-3H3,(H,24,26)(H,25,28);1H. The number of amides is 1. The molecule has 1 aliphatic heterocycles. The SMILES string of the molecule is CN=C(NCC(=O)NCCc1ccccc1)N1CCc2cc(OC)c(OC)cc2C1.I. The maximum Gasteiger partial charge on any atom is 0.239 e. The predicted molar refractivity (Wildman–Crippen MR) is 134 cm³/mol. The third kappa shape index (κ3) is 6.75. The number of rotatable bonds is 7. The average Bonchev–Trinajstić information content (AvgIpc) is 2.79. The Morgan fingerprint density at radius 3 is 2.39 bits per heavy atom. The van der Waals surface area contributed by atoms with Crippen LogP contribution in [0.5, 0.6) is 11.5 Å². The number of guanidine groups is 1. The van der Waals surface area contributed by atoms with Crippen LogP contribution in [0.2, 0.25) is 0 Å². The van der Waals surface area contributed by atoms with Crippen molar-refractivity contribution in [3.05, 3.63) is 59.2 Å². The second-order valence-electron chi connectivity index (χ2n) is 7.13. The molecule has 1 aliphatic rings. The molecule has 0 aromatic heterocycles. The Labute approximate surface area is 201 Å². The number of nitrogens with one attached hydrogen (secondary N) is 2. The molecule has 168 valence electrons. The lowest BCUT2D eigenvalue weighted by atomic mass is 9.99. The zero-order chi connectivity index (χ0) is 21.3. The Bertz CT molecular complexity index is 890. The first-order valence-electron chi connectivity index (χ1n) is 10.1. The van der Waals surface area contributed by atoms with Crippen LogP contribution in [0.1, 0.15) is 16.7 Å². The van der Waals surface area contributed by atoms with Crippen molar-refractivity contribution in [2.24, 2.45) is 4.99 Å². The molecule has 0 fully saturated rings. The van der Waals surface area contributed by atoms with Crippen molar-refractivity contribution in [1.82, 2.24) is 15.5 Å². The maximum atomic E-state index is 12.2. The fraction of sp³-hybridized carbons (Fsp3) is 0.391. The Morgan fingerprint density at radius 2 is 1.74 bits per heavy atom. The van der Waals surface area contributed by atoms with E-state index in [2.05, 4.69) is 32.7 Å². The van der Waals surface area contributed by atoms with Crippen LogP contribution in [0.4, 0.5) is 0 Å². The van der Waals surface area contributed by atoms with Crippen LogP contribution in [0, 0.1) is 0 Å². The molecule has 2 aromatic rings. The molecular weight excluding hydrogens is 507 g/mol. The molecule has 31 heavy (non-hydrogen) atoms. The normalized spacial score (nSPS) is 13.0. The van der Waals surface area contributed by atoms with Gasteiger partial charge in [-0.15, -0.1) is 24.0 Å². The van der Waals surface area contributed by atoms with Crippen molar-refractivity contribution in [2.45, 2.75) is 19.4 Å². The minimum atomic E-state index is -0.0455. The summed E-state index contributed by atoms with van der Waals surface area (Å²) in [6, 6.07) is 14.2. The fourth-order valence-corrected chi connectivity index (χ4v) is 3.61. The van der Waals surface area contributed by atoms with Gasteiger partial charge in [-0.05, 0) is 41.7 Å². The molecule has 2 aromatic carbocycles. The lowest BCUT2D eigenvalue weighted by Gasteiger charge is -2.32. The second-order valence-corrected chi connectivity index (χ2v) is 7.13. The highest BCUT2D eigenvalue weighted by atomic mass is 127. The quantitative estimate of drug-likeness (QED) is 0.322. The molecule has 7 nitrogen and oxygen atoms in total. The summed E-state index contributed by atoms with van der Waals surface area (Å²) in [5.41, 5.74) is 3.63. The molecule has 1 amide bonds. The number of carbonyl (C=O) groups is 1. The number of fused-ring (bicyclic) bond motifs is 1. The molecule has 0 spiro atoms. The van der Waals surface area contributed by atoms with Gasteiger partial charge in [-0.2, -0.15) is 0 Å². The van der Waals surface area contributed by atoms with Crippen LogP contribution in [0.15, 0.2) is 47.5 Å². The second kappa shape index (κ2) is 12.4. The summed E-state index contributed by atoms with van der Waals surface area (Å²) < 4.78 is 10.8. The third-order valence-electron chi connectivity index (χ3n) is 5.22. The van der Waals surface area contributed by atoms with Gasteiger partial charge in [-0.1, -0.05) is 30.3 Å². The van der Waals surface area contributed by atoms with E-state index in [1.807, 2.05) is 30.3 Å². The summed E-state index contributed by atoms with van der Waals surface area (Å²) in [6.07, 6.45) is 1.69. The topological polar surface area (TPSA) is 75.2 Å². The molecule has 0 saturated heterocycles. The van der Waals surface area contributed by atoms with Crippen molar-refractivity contribution in [3.8, 4) is 11.5 Å². The zero-order valence-corrected chi connectivity index (χ0v) is 20.6. The molecule has 3 rings (SSSR count). The first-order valence-corrected chi connectivity index (χ1v) is 10.1. The van der Waals surface area contributed by atoms with Crippen LogP contribution in [0.25, 0.3) is 0 Å². The van der Waals surface area contributed by atoms with Gasteiger partial charge in [0.2, 0.25) is 5.91 Å². The lowest BCUT2D eigenvalue weighted by molar-refractivity contribution is -0.120. The Morgan fingerprint density at radius 1 is 1.06 bits per heavy atom. The molecule has 0 atom stereocenters. The number of carbonyl (C=O) groups excluding carboxylic acids is 1. The van der Waals surface area contributed by atoms with Gasteiger partial charge < -0.3 is 25.0 Å². The number of hydrogen-bond acceptors (Lipinski definition) is 4. The highest BCUT2D eigenvalue weighted by Gasteiger charge is 2.22. The van der Waals surface area contributed by atoms with E-state index in [1.54, 1.807) is 21.3 Å². The van der Waals surface area contributed by atoms with Crippen LogP contribution in [-0.2, 0) is 24.2 Å². The Hall–Kier alpha value is -2.49. The van der Waals surface area contributed by atoms with Gasteiger partial charge in [0.1, 0.15) is 0 Å². The molecule has 8 heteroatoms. The lowest BCUT2D eigenvalue weighted by Crippen LogP contribution is -2.47. The van der Waals surface area contributed by atoms with Crippen molar-refractivity contribution in [2.75, 3.05) is 40.9 Å². The number of hydrogen-bond donors (Lipinski definition) is 2. The summed E-state index contributed by atoms with van der Waals surface area (Å²) in [6.45, 7) is 2.32. The molecule has 0 bridgehead atoms. The monoisotopic (exact) mass is 538 g/mol. The number of ether oxygens (including phenoxy) is 2. The smallest absolute Gasteiger partial charge is 0.239 e.